The second-order valence-corrected chi connectivity index (χ2v) is 8.63. The van der Waals surface area contributed by atoms with Gasteiger partial charge in [-0.1, -0.05) is 5.16 Å². The summed E-state index contributed by atoms with van der Waals surface area (Å²) in [4.78, 5) is 23.6. The van der Waals surface area contributed by atoms with Gasteiger partial charge in [-0.15, -0.1) is 0 Å². The third-order valence-electron chi connectivity index (χ3n) is 4.52. The lowest BCUT2D eigenvalue weighted by Crippen LogP contribution is -2.41. The van der Waals surface area contributed by atoms with E-state index in [2.05, 4.69) is 15.8 Å². The number of carbonyl (C=O) groups excluding carboxylic acids is 2. The van der Waals surface area contributed by atoms with Gasteiger partial charge in [0.25, 0.3) is 0 Å². The van der Waals surface area contributed by atoms with Crippen molar-refractivity contribution in [1.29, 1.82) is 0 Å². The Morgan fingerprint density at radius 1 is 1.14 bits per heavy atom. The number of sulfonamides is 1. The number of nitrogens with one attached hydrogen (secondary N) is 2. The van der Waals surface area contributed by atoms with Crippen LogP contribution in [0.3, 0.4) is 0 Å². The molecule has 1 saturated heterocycles. The molecule has 1 aromatic carbocycles. The minimum absolute atomic E-state index is 0.155. The van der Waals surface area contributed by atoms with Gasteiger partial charge in [-0.3, -0.25) is 9.59 Å². The second-order valence-electron chi connectivity index (χ2n) is 6.70. The van der Waals surface area contributed by atoms with Gasteiger partial charge in [0.05, 0.1) is 4.90 Å². The van der Waals surface area contributed by atoms with Gasteiger partial charge in [0.15, 0.2) is 5.82 Å². The number of benzene rings is 1. The maximum absolute atomic E-state index is 12.8. The number of anilines is 2. The van der Waals surface area contributed by atoms with E-state index in [1.54, 1.807) is 25.1 Å². The van der Waals surface area contributed by atoms with Crippen molar-refractivity contribution in [2.24, 2.45) is 5.92 Å². The summed E-state index contributed by atoms with van der Waals surface area (Å²) in [6, 6.07) is 7.66. The smallest absolute Gasteiger partial charge is 0.243 e. The van der Waals surface area contributed by atoms with E-state index in [1.165, 1.54) is 23.4 Å². The van der Waals surface area contributed by atoms with Crippen LogP contribution in [0.5, 0.6) is 0 Å². The van der Waals surface area contributed by atoms with Crippen LogP contribution < -0.4 is 10.6 Å². The third-order valence-corrected chi connectivity index (χ3v) is 6.43. The maximum Gasteiger partial charge on any atom is 0.243 e. The number of aryl methyl sites for hydroxylation is 1. The molecule has 2 amide bonds. The summed E-state index contributed by atoms with van der Waals surface area (Å²) in [6.07, 6.45) is 0.845. The Labute approximate surface area is 163 Å². The number of rotatable bonds is 5. The number of amides is 2. The highest BCUT2D eigenvalue weighted by Crippen LogP contribution is 2.25. The average molecular weight is 406 g/mol. The molecule has 0 saturated carbocycles. The quantitative estimate of drug-likeness (QED) is 0.783. The molecule has 1 aliphatic rings. The summed E-state index contributed by atoms with van der Waals surface area (Å²) >= 11 is 0. The van der Waals surface area contributed by atoms with Crippen LogP contribution in [0, 0.1) is 12.8 Å². The van der Waals surface area contributed by atoms with Gasteiger partial charge in [-0.25, -0.2) is 8.42 Å². The molecule has 0 bridgehead atoms. The zero-order chi connectivity index (χ0) is 20.3. The van der Waals surface area contributed by atoms with Gasteiger partial charge in [0, 0.05) is 37.7 Å². The SMILES string of the molecule is CC(=O)Nc1ccc(S(=O)(=O)N2CCC(C(=O)Nc3cc(C)on3)CC2)cc1. The molecular formula is C18H22N4O5S. The fourth-order valence-corrected chi connectivity index (χ4v) is 4.54. The van der Waals surface area contributed by atoms with E-state index >= 15 is 0 Å². The van der Waals surface area contributed by atoms with Crippen LogP contribution in [-0.4, -0.2) is 42.8 Å². The number of aromatic nitrogens is 1. The van der Waals surface area contributed by atoms with Crippen LogP contribution in [0.4, 0.5) is 11.5 Å². The van der Waals surface area contributed by atoms with Gasteiger partial charge in [-0.05, 0) is 44.0 Å². The second kappa shape index (κ2) is 8.11. The highest BCUT2D eigenvalue weighted by Gasteiger charge is 2.32. The van der Waals surface area contributed by atoms with Crippen molar-refractivity contribution in [2.75, 3.05) is 23.7 Å². The summed E-state index contributed by atoms with van der Waals surface area (Å²) in [5.74, 6) is 0.255. The van der Waals surface area contributed by atoms with Gasteiger partial charge in [0.2, 0.25) is 21.8 Å². The van der Waals surface area contributed by atoms with E-state index in [0.29, 0.717) is 30.1 Å². The zero-order valence-electron chi connectivity index (χ0n) is 15.6. The third kappa shape index (κ3) is 4.57. The van der Waals surface area contributed by atoms with E-state index in [-0.39, 0.29) is 35.7 Å². The lowest BCUT2D eigenvalue weighted by molar-refractivity contribution is -0.121. The molecular weight excluding hydrogens is 384 g/mol. The van der Waals surface area contributed by atoms with Crippen molar-refractivity contribution < 1.29 is 22.5 Å². The van der Waals surface area contributed by atoms with Crippen LogP contribution in [0.2, 0.25) is 0 Å². The molecule has 9 nitrogen and oxygen atoms in total. The first-order valence-corrected chi connectivity index (χ1v) is 10.3. The Kier molecular flexibility index (Phi) is 5.80. The fraction of sp³-hybridized carbons (Fsp3) is 0.389. The summed E-state index contributed by atoms with van der Waals surface area (Å²) < 4.78 is 31.9. The molecule has 1 aromatic heterocycles. The Balaban J connectivity index is 1.60. The van der Waals surface area contributed by atoms with Crippen molar-refractivity contribution in [1.82, 2.24) is 9.46 Å². The van der Waals surface area contributed by atoms with Crippen molar-refractivity contribution in [3.63, 3.8) is 0 Å². The lowest BCUT2D eigenvalue weighted by atomic mass is 9.97. The monoisotopic (exact) mass is 406 g/mol. The predicted molar refractivity (Wildman–Crippen MR) is 102 cm³/mol. The van der Waals surface area contributed by atoms with E-state index in [9.17, 15) is 18.0 Å². The molecule has 0 unspecified atom stereocenters. The normalized spacial score (nSPS) is 15.9. The van der Waals surface area contributed by atoms with Gasteiger partial charge >= 0.3 is 0 Å². The minimum Gasteiger partial charge on any atom is -0.360 e. The fourth-order valence-electron chi connectivity index (χ4n) is 3.07. The topological polar surface area (TPSA) is 122 Å². The molecule has 1 fully saturated rings. The summed E-state index contributed by atoms with van der Waals surface area (Å²) in [5, 5.41) is 9.02. The zero-order valence-corrected chi connectivity index (χ0v) is 16.5. The highest BCUT2D eigenvalue weighted by atomic mass is 32.2. The summed E-state index contributed by atoms with van der Waals surface area (Å²) in [5.41, 5.74) is 0.532. The van der Waals surface area contributed by atoms with Crippen molar-refractivity contribution in [3.05, 3.63) is 36.1 Å². The first-order chi connectivity index (χ1) is 13.3. The first-order valence-electron chi connectivity index (χ1n) is 8.87. The van der Waals surface area contributed by atoms with Gasteiger partial charge in [0.1, 0.15) is 5.76 Å². The molecule has 28 heavy (non-hydrogen) atoms. The van der Waals surface area contributed by atoms with Crippen LogP contribution in [0.1, 0.15) is 25.5 Å². The molecule has 2 aromatic rings. The average Bonchev–Trinajstić information content (AvgIpc) is 3.06. The van der Waals surface area contributed by atoms with Crippen LogP contribution in [0.15, 0.2) is 39.8 Å². The number of hydrogen-bond donors (Lipinski definition) is 2. The number of piperidine rings is 1. The Bertz CT molecular complexity index is 960. The Morgan fingerprint density at radius 3 is 2.32 bits per heavy atom. The largest absolute Gasteiger partial charge is 0.360 e. The van der Waals surface area contributed by atoms with Crippen molar-refractivity contribution >= 4 is 33.3 Å². The van der Waals surface area contributed by atoms with E-state index in [0.717, 1.165) is 0 Å². The highest BCUT2D eigenvalue weighted by molar-refractivity contribution is 7.89. The summed E-state index contributed by atoms with van der Waals surface area (Å²) in [7, 11) is -3.65. The van der Waals surface area contributed by atoms with Crippen LogP contribution in [-0.2, 0) is 19.6 Å². The first kappa shape index (κ1) is 20.0. The molecule has 1 aliphatic heterocycles. The Morgan fingerprint density at radius 2 is 1.79 bits per heavy atom. The Hall–Kier alpha value is -2.72. The number of nitrogens with zero attached hydrogens (tertiary/aromatic N) is 2. The molecule has 0 radical (unpaired) electrons. The predicted octanol–water partition coefficient (Wildman–Crippen LogP) is 1.98. The van der Waals surface area contributed by atoms with E-state index in [4.69, 9.17) is 4.52 Å². The molecule has 0 spiro atoms. The molecule has 2 N–H and O–H groups in total. The van der Waals surface area contributed by atoms with Gasteiger partial charge in [-0.2, -0.15) is 4.31 Å². The van der Waals surface area contributed by atoms with E-state index in [1.807, 2.05) is 0 Å². The minimum atomic E-state index is -3.65. The number of hydrogen-bond acceptors (Lipinski definition) is 6. The molecule has 150 valence electrons. The van der Waals surface area contributed by atoms with Crippen molar-refractivity contribution in [2.45, 2.75) is 31.6 Å². The standard InChI is InChI=1S/C18H22N4O5S/c1-12-11-17(21-27-12)20-18(24)14-7-9-22(10-8-14)28(25,26)16-5-3-15(4-6-16)19-13(2)23/h3-6,11,14H,7-10H2,1-2H3,(H,19,23)(H,20,21,24). The van der Waals surface area contributed by atoms with Gasteiger partial charge < -0.3 is 15.2 Å². The van der Waals surface area contributed by atoms with E-state index < -0.39 is 10.0 Å². The maximum atomic E-state index is 12.8. The summed E-state index contributed by atoms with van der Waals surface area (Å²) in [6.45, 7) is 3.63. The van der Waals surface area contributed by atoms with Crippen molar-refractivity contribution in [3.8, 4) is 0 Å². The molecule has 0 aliphatic carbocycles. The molecule has 3 rings (SSSR count). The van der Waals surface area contributed by atoms with Crippen LogP contribution >= 0.6 is 0 Å². The molecule has 10 heteroatoms. The van der Waals surface area contributed by atoms with Crippen LogP contribution in [0.25, 0.3) is 0 Å². The lowest BCUT2D eigenvalue weighted by Gasteiger charge is -2.30. The molecule has 0 atom stereocenters. The number of carbonyl (C=O) groups is 2. The molecule has 2 heterocycles.